The largest absolute Gasteiger partial charge is 0.463 e. The number of ketones is 1. The lowest BCUT2D eigenvalue weighted by atomic mass is 9.71. The molecule has 2 atom stereocenters. The summed E-state index contributed by atoms with van der Waals surface area (Å²) >= 11 is 0. The van der Waals surface area contributed by atoms with E-state index < -0.39 is 17.8 Å². The molecule has 1 N–H and O–H groups in total. The van der Waals surface area contributed by atoms with Crippen LogP contribution in [-0.2, 0) is 14.3 Å². The molecule has 3 aliphatic rings. The Kier molecular flexibility index (Phi) is 4.18. The number of allylic oxidation sites excluding steroid dienone is 3. The highest BCUT2D eigenvalue weighted by atomic mass is 16.7. The first-order valence-corrected chi connectivity index (χ1v) is 8.87. The van der Waals surface area contributed by atoms with Gasteiger partial charge in [-0.25, -0.2) is 4.79 Å². The van der Waals surface area contributed by atoms with Crippen molar-refractivity contribution in [3.05, 3.63) is 46.8 Å². The Morgan fingerprint density at radius 3 is 2.88 bits per heavy atom. The van der Waals surface area contributed by atoms with E-state index in [0.29, 0.717) is 29.9 Å². The predicted octanol–water partition coefficient (Wildman–Crippen LogP) is 2.80. The molecule has 1 aromatic rings. The van der Waals surface area contributed by atoms with Crippen molar-refractivity contribution >= 4 is 11.8 Å². The van der Waals surface area contributed by atoms with E-state index in [0.717, 1.165) is 17.0 Å². The molecule has 0 amide bonds. The maximum atomic E-state index is 12.8. The van der Waals surface area contributed by atoms with Crippen molar-refractivity contribution in [2.45, 2.75) is 32.6 Å². The minimum absolute atomic E-state index is 0.131. The van der Waals surface area contributed by atoms with Crippen molar-refractivity contribution in [2.75, 3.05) is 13.4 Å². The molecule has 2 aliphatic heterocycles. The third kappa shape index (κ3) is 2.66. The molecule has 6 heteroatoms. The van der Waals surface area contributed by atoms with Crippen LogP contribution >= 0.6 is 0 Å². The fourth-order valence-corrected chi connectivity index (χ4v) is 3.96. The molecule has 0 bridgehead atoms. The molecule has 2 unspecified atom stereocenters. The van der Waals surface area contributed by atoms with E-state index in [9.17, 15) is 9.59 Å². The molecule has 0 spiro atoms. The molecule has 4 rings (SSSR count). The number of carbonyl (C=O) groups excluding carboxylic acids is 2. The standard InChI is InChI=1S/C20H21NO5/c1-3-24-20(23)17-11(2)21-13-5-4-6-14(22)19(13)18(17)12-7-8-15-16(9-12)26-10-25-15/h5,7-9,18-19,21H,3-4,6,10H2,1-2H3. The number of fused-ring (bicyclic) bond motifs is 2. The second-order valence-electron chi connectivity index (χ2n) is 6.62. The SMILES string of the molecule is CCOC(=O)C1=C(C)NC2=CCCC(=O)C2C1c1ccc2c(c1)OCO2. The predicted molar refractivity (Wildman–Crippen MR) is 93.6 cm³/mol. The van der Waals surface area contributed by atoms with Gasteiger partial charge in [-0.1, -0.05) is 12.1 Å². The van der Waals surface area contributed by atoms with Gasteiger partial charge >= 0.3 is 5.97 Å². The number of benzene rings is 1. The van der Waals surface area contributed by atoms with Gasteiger partial charge in [0, 0.05) is 23.7 Å². The van der Waals surface area contributed by atoms with Gasteiger partial charge in [-0.15, -0.1) is 0 Å². The van der Waals surface area contributed by atoms with Crippen LogP contribution in [0.4, 0.5) is 0 Å². The van der Waals surface area contributed by atoms with Gasteiger partial charge in [-0.3, -0.25) is 4.79 Å². The Labute approximate surface area is 151 Å². The third-order valence-electron chi connectivity index (χ3n) is 5.07. The van der Waals surface area contributed by atoms with E-state index in [1.54, 1.807) is 6.92 Å². The monoisotopic (exact) mass is 355 g/mol. The maximum Gasteiger partial charge on any atom is 0.336 e. The number of Topliss-reactive ketones (excluding diaryl/α,β-unsaturated/α-hetero) is 1. The van der Waals surface area contributed by atoms with Crippen LogP contribution in [0, 0.1) is 5.92 Å². The summed E-state index contributed by atoms with van der Waals surface area (Å²) in [5.74, 6) is 0.239. The number of ether oxygens (including phenoxy) is 3. The van der Waals surface area contributed by atoms with E-state index in [4.69, 9.17) is 14.2 Å². The molecule has 2 heterocycles. The Morgan fingerprint density at radius 1 is 1.27 bits per heavy atom. The molecule has 136 valence electrons. The van der Waals surface area contributed by atoms with Crippen molar-refractivity contribution in [2.24, 2.45) is 5.92 Å². The molecule has 0 fully saturated rings. The van der Waals surface area contributed by atoms with Crippen molar-refractivity contribution in [1.82, 2.24) is 5.32 Å². The van der Waals surface area contributed by atoms with Gasteiger partial charge in [0.05, 0.1) is 18.1 Å². The summed E-state index contributed by atoms with van der Waals surface area (Å²) in [6.07, 6.45) is 3.25. The fourth-order valence-electron chi connectivity index (χ4n) is 3.96. The lowest BCUT2D eigenvalue weighted by Crippen LogP contribution is -2.40. The Hall–Kier alpha value is -2.76. The zero-order chi connectivity index (χ0) is 18.3. The van der Waals surface area contributed by atoms with Crippen molar-refractivity contribution in [1.29, 1.82) is 0 Å². The topological polar surface area (TPSA) is 73.9 Å². The highest BCUT2D eigenvalue weighted by molar-refractivity contribution is 5.96. The van der Waals surface area contributed by atoms with Gasteiger partial charge < -0.3 is 19.5 Å². The Morgan fingerprint density at radius 2 is 2.08 bits per heavy atom. The Balaban J connectivity index is 1.85. The van der Waals surface area contributed by atoms with E-state index in [1.807, 2.05) is 25.1 Å². The number of hydrogen-bond acceptors (Lipinski definition) is 6. The lowest BCUT2D eigenvalue weighted by Gasteiger charge is -2.38. The minimum Gasteiger partial charge on any atom is -0.463 e. The first-order chi connectivity index (χ1) is 12.6. The first-order valence-electron chi connectivity index (χ1n) is 8.87. The van der Waals surface area contributed by atoms with Gasteiger partial charge in [0.15, 0.2) is 11.5 Å². The quantitative estimate of drug-likeness (QED) is 0.841. The highest BCUT2D eigenvalue weighted by Gasteiger charge is 2.43. The van der Waals surface area contributed by atoms with Gasteiger partial charge in [-0.2, -0.15) is 0 Å². The molecule has 1 aromatic carbocycles. The molecule has 0 saturated heterocycles. The van der Waals surface area contributed by atoms with Crippen LogP contribution in [0.5, 0.6) is 11.5 Å². The van der Waals surface area contributed by atoms with Gasteiger partial charge in [0.2, 0.25) is 6.79 Å². The van der Waals surface area contributed by atoms with Gasteiger partial charge in [0.25, 0.3) is 0 Å². The summed E-state index contributed by atoms with van der Waals surface area (Å²) in [4.78, 5) is 25.5. The first kappa shape index (κ1) is 16.7. The second kappa shape index (κ2) is 6.52. The van der Waals surface area contributed by atoms with Crippen LogP contribution in [-0.4, -0.2) is 25.2 Å². The number of carbonyl (C=O) groups is 2. The highest BCUT2D eigenvalue weighted by Crippen LogP contribution is 2.46. The molecule has 0 aromatic heterocycles. The average Bonchev–Trinajstić information content (AvgIpc) is 3.08. The summed E-state index contributed by atoms with van der Waals surface area (Å²) < 4.78 is 16.2. The molecule has 1 aliphatic carbocycles. The normalized spacial score (nSPS) is 23.9. The lowest BCUT2D eigenvalue weighted by molar-refractivity contribution is -0.139. The molecule has 6 nitrogen and oxygen atoms in total. The summed E-state index contributed by atoms with van der Waals surface area (Å²) in [5.41, 5.74) is 2.95. The van der Waals surface area contributed by atoms with E-state index in [1.165, 1.54) is 0 Å². The van der Waals surface area contributed by atoms with Crippen LogP contribution < -0.4 is 14.8 Å². The molecular weight excluding hydrogens is 334 g/mol. The fraction of sp³-hybridized carbons (Fsp3) is 0.400. The number of hydrogen-bond donors (Lipinski definition) is 1. The van der Waals surface area contributed by atoms with E-state index in [-0.39, 0.29) is 19.2 Å². The number of nitrogens with one attached hydrogen (secondary N) is 1. The Bertz CT molecular complexity index is 839. The van der Waals surface area contributed by atoms with Crippen LogP contribution in [0.3, 0.4) is 0 Å². The van der Waals surface area contributed by atoms with Crippen LogP contribution in [0.25, 0.3) is 0 Å². The van der Waals surface area contributed by atoms with Crippen molar-refractivity contribution in [3.8, 4) is 11.5 Å². The number of esters is 1. The molecular formula is C20H21NO5. The summed E-state index contributed by atoms with van der Waals surface area (Å²) in [7, 11) is 0. The van der Waals surface area contributed by atoms with Crippen LogP contribution in [0.1, 0.15) is 38.2 Å². The maximum absolute atomic E-state index is 12.8. The minimum atomic E-state index is -0.410. The van der Waals surface area contributed by atoms with Crippen molar-refractivity contribution in [3.63, 3.8) is 0 Å². The van der Waals surface area contributed by atoms with E-state index >= 15 is 0 Å². The van der Waals surface area contributed by atoms with Gasteiger partial charge in [0.1, 0.15) is 5.78 Å². The summed E-state index contributed by atoms with van der Waals surface area (Å²) in [5, 5.41) is 3.25. The van der Waals surface area contributed by atoms with Crippen LogP contribution in [0.15, 0.2) is 41.2 Å². The van der Waals surface area contributed by atoms with Crippen LogP contribution in [0.2, 0.25) is 0 Å². The molecule has 0 saturated carbocycles. The second-order valence-corrected chi connectivity index (χ2v) is 6.62. The zero-order valence-corrected chi connectivity index (χ0v) is 14.8. The summed E-state index contributed by atoms with van der Waals surface area (Å²) in [6.45, 7) is 4.09. The van der Waals surface area contributed by atoms with Crippen molar-refractivity contribution < 1.29 is 23.8 Å². The smallest absolute Gasteiger partial charge is 0.336 e. The molecule has 0 radical (unpaired) electrons. The zero-order valence-electron chi connectivity index (χ0n) is 14.8. The number of rotatable bonds is 3. The third-order valence-corrected chi connectivity index (χ3v) is 5.07. The summed E-state index contributed by atoms with van der Waals surface area (Å²) in [6, 6.07) is 5.59. The molecule has 26 heavy (non-hydrogen) atoms. The van der Waals surface area contributed by atoms with E-state index in [2.05, 4.69) is 11.4 Å². The van der Waals surface area contributed by atoms with Gasteiger partial charge in [-0.05, 0) is 38.0 Å². The average molecular weight is 355 g/mol.